The van der Waals surface area contributed by atoms with Crippen molar-refractivity contribution in [3.05, 3.63) is 30.1 Å². The molecule has 5 heterocycles. The molecule has 0 aliphatic carbocycles. The topological polar surface area (TPSA) is 65.3 Å². The smallest absolute Gasteiger partial charge is 0.137 e. The average molecular weight is 364 g/mol. The molecule has 0 radical (unpaired) electrons. The first kappa shape index (κ1) is 16.9. The maximum atomic E-state index is 6.17. The SMILES string of the molecule is Cl.c1ccc(-c2nnn3c2CO[C@H]2CN(C4CCOCC4)C[C@@H]23)nc1. The van der Waals surface area contributed by atoms with Crippen LogP contribution in [0.25, 0.3) is 11.4 Å². The maximum absolute atomic E-state index is 6.17. The lowest BCUT2D eigenvalue weighted by atomic mass is 10.1. The van der Waals surface area contributed by atoms with E-state index in [0.29, 0.717) is 12.6 Å². The Hall–Kier alpha value is -1.54. The van der Waals surface area contributed by atoms with E-state index < -0.39 is 0 Å². The molecule has 0 bridgehead atoms. The largest absolute Gasteiger partial charge is 0.381 e. The number of hydrogen-bond donors (Lipinski definition) is 0. The van der Waals surface area contributed by atoms with Crippen molar-refractivity contribution in [3.8, 4) is 11.4 Å². The van der Waals surface area contributed by atoms with Gasteiger partial charge in [-0.25, -0.2) is 4.68 Å². The highest BCUT2D eigenvalue weighted by molar-refractivity contribution is 5.85. The summed E-state index contributed by atoms with van der Waals surface area (Å²) in [6.07, 6.45) is 4.22. The van der Waals surface area contributed by atoms with Gasteiger partial charge in [0.25, 0.3) is 0 Å². The fourth-order valence-electron chi connectivity index (χ4n) is 4.13. The molecule has 3 aliphatic rings. The van der Waals surface area contributed by atoms with Crippen molar-refractivity contribution in [2.45, 2.75) is 37.6 Å². The zero-order valence-electron chi connectivity index (χ0n) is 14.0. The molecule has 0 spiro atoms. The van der Waals surface area contributed by atoms with E-state index in [4.69, 9.17) is 9.47 Å². The minimum absolute atomic E-state index is 0. The summed E-state index contributed by atoms with van der Waals surface area (Å²) in [6, 6.07) is 6.72. The second-order valence-corrected chi connectivity index (χ2v) is 6.76. The predicted octanol–water partition coefficient (Wildman–Crippen LogP) is 1.70. The van der Waals surface area contributed by atoms with Gasteiger partial charge in [0, 0.05) is 38.5 Å². The second kappa shape index (κ2) is 6.99. The minimum atomic E-state index is 0. The summed E-state index contributed by atoms with van der Waals surface area (Å²) in [5.41, 5.74) is 2.75. The van der Waals surface area contributed by atoms with Gasteiger partial charge in [0.1, 0.15) is 5.69 Å². The Kier molecular flexibility index (Phi) is 4.73. The lowest BCUT2D eigenvalue weighted by molar-refractivity contribution is -0.00871. The molecule has 2 aromatic rings. The molecule has 25 heavy (non-hydrogen) atoms. The third-order valence-corrected chi connectivity index (χ3v) is 5.42. The number of fused-ring (bicyclic) bond motifs is 3. The Balaban J connectivity index is 0.00000157. The third kappa shape index (κ3) is 2.95. The molecule has 8 heteroatoms. The Bertz CT molecular complexity index is 719. The van der Waals surface area contributed by atoms with Crippen LogP contribution >= 0.6 is 12.4 Å². The zero-order chi connectivity index (χ0) is 15.9. The molecule has 2 aromatic heterocycles. The molecular formula is C17H22ClN5O2. The van der Waals surface area contributed by atoms with Crippen LogP contribution in [0.5, 0.6) is 0 Å². The molecule has 2 saturated heterocycles. The van der Waals surface area contributed by atoms with E-state index in [-0.39, 0.29) is 24.6 Å². The zero-order valence-corrected chi connectivity index (χ0v) is 14.8. The molecule has 0 N–H and O–H groups in total. The van der Waals surface area contributed by atoms with Gasteiger partial charge in [0.15, 0.2) is 0 Å². The maximum Gasteiger partial charge on any atom is 0.137 e. The van der Waals surface area contributed by atoms with Gasteiger partial charge in [0.2, 0.25) is 0 Å². The van der Waals surface area contributed by atoms with Crippen LogP contribution < -0.4 is 0 Å². The lowest BCUT2D eigenvalue weighted by Crippen LogP contribution is -2.38. The lowest BCUT2D eigenvalue weighted by Gasteiger charge is -2.30. The van der Waals surface area contributed by atoms with E-state index in [1.165, 1.54) is 0 Å². The highest BCUT2D eigenvalue weighted by atomic mass is 35.5. The molecule has 0 aromatic carbocycles. The summed E-state index contributed by atoms with van der Waals surface area (Å²) in [7, 11) is 0. The molecule has 3 aliphatic heterocycles. The van der Waals surface area contributed by atoms with Crippen LogP contribution in [0.2, 0.25) is 0 Å². The number of ether oxygens (including phenoxy) is 2. The van der Waals surface area contributed by atoms with Crippen LogP contribution in [-0.4, -0.2) is 63.3 Å². The van der Waals surface area contributed by atoms with E-state index in [2.05, 4.69) is 24.9 Å². The van der Waals surface area contributed by atoms with Gasteiger partial charge < -0.3 is 9.47 Å². The number of nitrogens with zero attached hydrogens (tertiary/aromatic N) is 5. The fraction of sp³-hybridized carbons (Fsp3) is 0.588. The molecule has 5 rings (SSSR count). The molecule has 0 amide bonds. The Morgan fingerprint density at radius 3 is 2.80 bits per heavy atom. The quantitative estimate of drug-likeness (QED) is 0.809. The first-order valence-corrected chi connectivity index (χ1v) is 8.69. The monoisotopic (exact) mass is 363 g/mol. The molecule has 0 unspecified atom stereocenters. The summed E-state index contributed by atoms with van der Waals surface area (Å²) in [4.78, 5) is 6.96. The van der Waals surface area contributed by atoms with Gasteiger partial charge in [-0.15, -0.1) is 17.5 Å². The fourth-order valence-corrected chi connectivity index (χ4v) is 4.13. The highest BCUT2D eigenvalue weighted by Crippen LogP contribution is 2.35. The Labute approximate surface area is 152 Å². The second-order valence-electron chi connectivity index (χ2n) is 6.76. The molecular weight excluding hydrogens is 342 g/mol. The molecule has 2 fully saturated rings. The van der Waals surface area contributed by atoms with E-state index >= 15 is 0 Å². The first-order chi connectivity index (χ1) is 11.9. The predicted molar refractivity (Wildman–Crippen MR) is 93.5 cm³/mol. The number of likely N-dealkylation sites (tertiary alicyclic amines) is 1. The Morgan fingerprint density at radius 2 is 2.00 bits per heavy atom. The van der Waals surface area contributed by atoms with Crippen molar-refractivity contribution in [2.75, 3.05) is 26.3 Å². The number of hydrogen-bond acceptors (Lipinski definition) is 6. The standard InChI is InChI=1S/C17H21N5O2.ClH/c1-2-6-18-13(3-1)17-15-11-24-16-10-21(12-4-7-23-8-5-12)9-14(16)22(15)20-19-17;/h1-3,6,12,14,16H,4-5,7-11H2;1H/t14-,16-;/m0./s1. The van der Waals surface area contributed by atoms with Crippen molar-refractivity contribution in [1.82, 2.24) is 24.9 Å². The van der Waals surface area contributed by atoms with Crippen LogP contribution in [0.3, 0.4) is 0 Å². The third-order valence-electron chi connectivity index (χ3n) is 5.42. The minimum Gasteiger partial charge on any atom is -0.381 e. The van der Waals surface area contributed by atoms with E-state index in [1.54, 1.807) is 6.20 Å². The van der Waals surface area contributed by atoms with Crippen molar-refractivity contribution >= 4 is 12.4 Å². The van der Waals surface area contributed by atoms with Gasteiger partial charge in [-0.1, -0.05) is 11.3 Å². The summed E-state index contributed by atoms with van der Waals surface area (Å²) >= 11 is 0. The number of pyridine rings is 1. The highest BCUT2D eigenvalue weighted by Gasteiger charge is 2.42. The molecule has 7 nitrogen and oxygen atoms in total. The number of aromatic nitrogens is 4. The molecule has 2 atom stereocenters. The summed E-state index contributed by atoms with van der Waals surface area (Å²) in [6.45, 7) is 4.26. The Morgan fingerprint density at radius 1 is 1.12 bits per heavy atom. The van der Waals surface area contributed by atoms with Gasteiger partial charge in [-0.2, -0.15) is 0 Å². The summed E-state index contributed by atoms with van der Waals surface area (Å²) in [5.74, 6) is 0. The van der Waals surface area contributed by atoms with Crippen molar-refractivity contribution in [3.63, 3.8) is 0 Å². The van der Waals surface area contributed by atoms with Gasteiger partial charge in [-0.05, 0) is 25.0 Å². The van der Waals surface area contributed by atoms with Crippen LogP contribution in [-0.2, 0) is 16.1 Å². The normalized spacial score (nSPS) is 26.7. The van der Waals surface area contributed by atoms with Crippen LogP contribution in [0.15, 0.2) is 24.4 Å². The van der Waals surface area contributed by atoms with Gasteiger partial charge >= 0.3 is 0 Å². The van der Waals surface area contributed by atoms with Crippen LogP contribution in [0.1, 0.15) is 24.6 Å². The van der Waals surface area contributed by atoms with Crippen molar-refractivity contribution < 1.29 is 9.47 Å². The van der Waals surface area contributed by atoms with E-state index in [9.17, 15) is 0 Å². The number of rotatable bonds is 2. The summed E-state index contributed by atoms with van der Waals surface area (Å²) < 4.78 is 13.7. The average Bonchev–Trinajstić information content (AvgIpc) is 3.27. The first-order valence-electron chi connectivity index (χ1n) is 8.69. The van der Waals surface area contributed by atoms with Crippen molar-refractivity contribution in [1.29, 1.82) is 0 Å². The van der Waals surface area contributed by atoms with Crippen molar-refractivity contribution in [2.24, 2.45) is 0 Å². The number of halogens is 1. The molecule has 134 valence electrons. The van der Waals surface area contributed by atoms with E-state index in [0.717, 1.165) is 56.2 Å². The molecule has 0 saturated carbocycles. The summed E-state index contributed by atoms with van der Waals surface area (Å²) in [5, 5.41) is 8.85. The van der Waals surface area contributed by atoms with Crippen LogP contribution in [0.4, 0.5) is 0 Å². The van der Waals surface area contributed by atoms with Gasteiger partial charge in [-0.3, -0.25) is 9.88 Å². The van der Waals surface area contributed by atoms with Crippen LogP contribution in [0, 0.1) is 0 Å². The van der Waals surface area contributed by atoms with E-state index in [1.807, 2.05) is 18.2 Å². The van der Waals surface area contributed by atoms with Gasteiger partial charge in [0.05, 0.1) is 30.1 Å².